The number of likely N-dealkylation sites (N-methyl/N-ethyl adjacent to an activating group) is 1. The van der Waals surface area contributed by atoms with E-state index in [1.165, 1.54) is 16.0 Å². The van der Waals surface area contributed by atoms with E-state index in [1.807, 2.05) is 12.1 Å². The van der Waals surface area contributed by atoms with E-state index in [1.54, 1.807) is 31.4 Å². The molecule has 0 saturated carbocycles. The van der Waals surface area contributed by atoms with E-state index in [9.17, 15) is 9.59 Å². The molecule has 0 unspecified atom stereocenters. The molecule has 0 bridgehead atoms. The number of halogens is 1. The summed E-state index contributed by atoms with van der Waals surface area (Å²) in [6.45, 7) is 2.25. The zero-order valence-corrected chi connectivity index (χ0v) is 18.5. The molecule has 2 N–H and O–H groups in total. The number of likely N-dealkylation sites (tertiary alicyclic amines) is 1. The van der Waals surface area contributed by atoms with E-state index in [2.05, 4.69) is 28.6 Å². The highest BCUT2D eigenvalue weighted by Gasteiger charge is 2.40. The van der Waals surface area contributed by atoms with E-state index in [-0.39, 0.29) is 18.0 Å². The molecule has 2 heterocycles. The quantitative estimate of drug-likeness (QED) is 0.758. The molecule has 2 aliphatic rings. The van der Waals surface area contributed by atoms with Crippen LogP contribution in [-0.2, 0) is 22.5 Å². The molecule has 2 aliphatic heterocycles. The highest BCUT2D eigenvalue weighted by molar-refractivity contribution is 6.30. The van der Waals surface area contributed by atoms with Crippen LogP contribution in [-0.4, -0.2) is 61.1 Å². The van der Waals surface area contributed by atoms with Gasteiger partial charge in [0.15, 0.2) is 0 Å². The van der Waals surface area contributed by atoms with Gasteiger partial charge in [-0.2, -0.15) is 0 Å². The van der Waals surface area contributed by atoms with Gasteiger partial charge in [-0.15, -0.1) is 0 Å². The highest BCUT2D eigenvalue weighted by atomic mass is 35.5. The largest absolute Gasteiger partial charge is 0.380 e. The van der Waals surface area contributed by atoms with Crippen molar-refractivity contribution in [2.24, 2.45) is 0 Å². The second-order valence-corrected chi connectivity index (χ2v) is 8.60. The smallest absolute Gasteiger partial charge is 0.322 e. The number of anilines is 2. The molecule has 2 aromatic carbocycles. The lowest BCUT2D eigenvalue weighted by Gasteiger charge is -2.26. The number of nitrogens with one attached hydrogen (secondary N) is 2. The second-order valence-electron chi connectivity index (χ2n) is 8.16. The summed E-state index contributed by atoms with van der Waals surface area (Å²) < 4.78 is 5.45. The Hall–Kier alpha value is -2.61. The third-order valence-corrected chi connectivity index (χ3v) is 6.18. The van der Waals surface area contributed by atoms with E-state index >= 15 is 0 Å². The third kappa shape index (κ3) is 5.01. The zero-order valence-electron chi connectivity index (χ0n) is 17.7. The first-order valence-electron chi connectivity index (χ1n) is 10.4. The van der Waals surface area contributed by atoms with E-state index in [0.29, 0.717) is 23.7 Å². The van der Waals surface area contributed by atoms with Crippen molar-refractivity contribution in [2.45, 2.75) is 31.5 Å². The number of amides is 3. The molecule has 7 nitrogen and oxygen atoms in total. The highest BCUT2D eigenvalue weighted by Crippen LogP contribution is 2.25. The molecule has 164 valence electrons. The molecular weight excluding hydrogens is 416 g/mol. The summed E-state index contributed by atoms with van der Waals surface area (Å²) in [6, 6.07) is 12.0. The first-order chi connectivity index (χ1) is 14.9. The van der Waals surface area contributed by atoms with Crippen LogP contribution in [0.5, 0.6) is 0 Å². The Morgan fingerprint density at radius 3 is 2.55 bits per heavy atom. The van der Waals surface area contributed by atoms with Gasteiger partial charge in [0, 0.05) is 49.6 Å². The summed E-state index contributed by atoms with van der Waals surface area (Å²) in [5.41, 5.74) is 3.91. The minimum atomic E-state index is -0.615. The van der Waals surface area contributed by atoms with Crippen LogP contribution in [0.4, 0.5) is 16.2 Å². The Balaban J connectivity index is 1.46. The van der Waals surface area contributed by atoms with Gasteiger partial charge < -0.3 is 25.2 Å². The average molecular weight is 443 g/mol. The van der Waals surface area contributed by atoms with Crippen LogP contribution >= 0.6 is 11.6 Å². The van der Waals surface area contributed by atoms with Crippen LogP contribution in [0.15, 0.2) is 42.5 Å². The van der Waals surface area contributed by atoms with Gasteiger partial charge in [-0.25, -0.2) is 4.79 Å². The van der Waals surface area contributed by atoms with Crippen LogP contribution in [0.1, 0.15) is 17.5 Å². The number of methoxy groups -OCH3 is 1. The molecule has 4 rings (SSSR count). The minimum Gasteiger partial charge on any atom is -0.380 e. The lowest BCUT2D eigenvalue weighted by atomic mass is 9.99. The number of urea groups is 1. The molecule has 2 aromatic rings. The molecule has 0 aliphatic carbocycles. The first-order valence-corrected chi connectivity index (χ1v) is 10.8. The Bertz CT molecular complexity index is 966. The molecular formula is C23H27ClN4O3. The predicted molar refractivity (Wildman–Crippen MR) is 121 cm³/mol. The van der Waals surface area contributed by atoms with Crippen molar-refractivity contribution >= 4 is 34.9 Å². The lowest BCUT2D eigenvalue weighted by molar-refractivity contribution is -0.119. The summed E-state index contributed by atoms with van der Waals surface area (Å²) in [4.78, 5) is 29.8. The fourth-order valence-electron chi connectivity index (χ4n) is 4.17. The van der Waals surface area contributed by atoms with Crippen molar-refractivity contribution in [3.8, 4) is 0 Å². The standard InChI is InChI=1S/C23H27ClN4O3/c1-27-10-9-15-3-6-19(11-16(15)13-27)25-22(29)21-12-20(31-2)14-28(21)23(30)26-18-7-4-17(24)5-8-18/h3-8,11,20-21H,9-10,12-14H2,1-2H3,(H,25,29)(H,26,30)/t20-,21-/m1/s1. The average Bonchev–Trinajstić information content (AvgIpc) is 3.20. The van der Waals surface area contributed by atoms with Crippen molar-refractivity contribution in [1.29, 1.82) is 0 Å². The Morgan fingerprint density at radius 1 is 1.06 bits per heavy atom. The van der Waals surface area contributed by atoms with Crippen LogP contribution in [0, 0.1) is 0 Å². The number of benzene rings is 2. The summed E-state index contributed by atoms with van der Waals surface area (Å²) in [6.07, 6.45) is 1.27. The minimum absolute atomic E-state index is 0.191. The predicted octanol–water partition coefficient (Wildman–Crippen LogP) is 3.59. The van der Waals surface area contributed by atoms with E-state index < -0.39 is 6.04 Å². The molecule has 1 saturated heterocycles. The van der Waals surface area contributed by atoms with Crippen LogP contribution < -0.4 is 10.6 Å². The number of fused-ring (bicyclic) bond motifs is 1. The Labute approximate surface area is 187 Å². The maximum Gasteiger partial charge on any atom is 0.322 e. The van der Waals surface area contributed by atoms with Crippen LogP contribution in [0.25, 0.3) is 0 Å². The number of nitrogens with zero attached hydrogens (tertiary/aromatic N) is 2. The Morgan fingerprint density at radius 2 is 1.81 bits per heavy atom. The van der Waals surface area contributed by atoms with Gasteiger partial charge in [-0.1, -0.05) is 17.7 Å². The Kier molecular flexibility index (Phi) is 6.46. The fraction of sp³-hybridized carbons (Fsp3) is 0.391. The normalized spacial score (nSPS) is 20.9. The number of rotatable bonds is 4. The molecule has 0 spiro atoms. The van der Waals surface area contributed by atoms with Gasteiger partial charge in [-0.3, -0.25) is 4.79 Å². The van der Waals surface area contributed by atoms with Crippen LogP contribution in [0.2, 0.25) is 5.02 Å². The number of hydrogen-bond donors (Lipinski definition) is 2. The third-order valence-electron chi connectivity index (χ3n) is 5.93. The molecule has 0 radical (unpaired) electrons. The van der Waals surface area contributed by atoms with E-state index in [4.69, 9.17) is 16.3 Å². The SMILES string of the molecule is CO[C@@H]1C[C@H](C(=O)Nc2ccc3c(c2)CN(C)CC3)N(C(=O)Nc2ccc(Cl)cc2)C1. The maximum absolute atomic E-state index is 13.1. The summed E-state index contributed by atoms with van der Waals surface area (Å²) >= 11 is 5.91. The number of hydrogen-bond acceptors (Lipinski definition) is 4. The molecule has 3 amide bonds. The van der Waals surface area contributed by atoms with Gasteiger partial charge >= 0.3 is 6.03 Å². The van der Waals surface area contributed by atoms with Crippen molar-refractivity contribution in [3.63, 3.8) is 0 Å². The van der Waals surface area contributed by atoms with Crippen LogP contribution in [0.3, 0.4) is 0 Å². The number of carbonyl (C=O) groups excluding carboxylic acids is 2. The topological polar surface area (TPSA) is 73.9 Å². The fourth-order valence-corrected chi connectivity index (χ4v) is 4.30. The monoisotopic (exact) mass is 442 g/mol. The van der Waals surface area contributed by atoms with Gasteiger partial charge in [0.1, 0.15) is 6.04 Å². The molecule has 0 aromatic heterocycles. The maximum atomic E-state index is 13.1. The lowest BCUT2D eigenvalue weighted by Crippen LogP contribution is -2.45. The van der Waals surface area contributed by atoms with Gasteiger partial charge in [0.05, 0.1) is 6.10 Å². The molecule has 1 fully saturated rings. The van der Waals surface area contributed by atoms with E-state index in [0.717, 1.165) is 25.2 Å². The molecule has 2 atom stereocenters. The number of carbonyl (C=O) groups is 2. The number of ether oxygens (including phenoxy) is 1. The van der Waals surface area contributed by atoms with Crippen molar-refractivity contribution < 1.29 is 14.3 Å². The van der Waals surface area contributed by atoms with Crippen molar-refractivity contribution in [2.75, 3.05) is 37.9 Å². The first kappa shape index (κ1) is 21.6. The van der Waals surface area contributed by atoms with Gasteiger partial charge in [0.25, 0.3) is 0 Å². The summed E-state index contributed by atoms with van der Waals surface area (Å²) in [5.74, 6) is -0.213. The van der Waals surface area contributed by atoms with Crippen molar-refractivity contribution in [3.05, 3.63) is 58.6 Å². The van der Waals surface area contributed by atoms with Gasteiger partial charge in [0.2, 0.25) is 5.91 Å². The molecule has 8 heteroatoms. The second kappa shape index (κ2) is 9.26. The summed E-state index contributed by atoms with van der Waals surface area (Å²) in [7, 11) is 3.69. The summed E-state index contributed by atoms with van der Waals surface area (Å²) in [5, 5.41) is 6.42. The molecule has 31 heavy (non-hydrogen) atoms. The van der Waals surface area contributed by atoms with Crippen molar-refractivity contribution in [1.82, 2.24) is 9.80 Å². The zero-order chi connectivity index (χ0) is 22.0. The van der Waals surface area contributed by atoms with Gasteiger partial charge in [-0.05, 0) is 61.0 Å².